The number of nitrogens with zero attached hydrogens (tertiary/aromatic N) is 2. The third kappa shape index (κ3) is 4.92. The first-order valence-electron chi connectivity index (χ1n) is 8.65. The Morgan fingerprint density at radius 3 is 2.24 bits per heavy atom. The Labute approximate surface area is 163 Å². The number of anilines is 1. The van der Waals surface area contributed by atoms with Crippen LogP contribution in [0.3, 0.4) is 0 Å². The minimum Gasteiger partial charge on any atom is -0.406 e. The van der Waals surface area contributed by atoms with E-state index in [4.69, 9.17) is 0 Å². The topological polar surface area (TPSA) is 56.1 Å². The van der Waals surface area contributed by atoms with Crippen molar-refractivity contribution in [1.29, 1.82) is 0 Å². The smallest absolute Gasteiger partial charge is 0.406 e. The van der Waals surface area contributed by atoms with Gasteiger partial charge in [-0.25, -0.2) is 9.07 Å². The number of alkyl halides is 3. The molecule has 1 aromatic heterocycles. The Balaban J connectivity index is 1.83. The number of ether oxygens (including phenoxy) is 1. The molecule has 1 heterocycles. The normalized spacial score (nSPS) is 11.6. The van der Waals surface area contributed by atoms with Crippen LogP contribution < -0.4 is 10.1 Å². The number of aromatic nitrogens is 2. The van der Waals surface area contributed by atoms with Crippen molar-refractivity contribution in [2.24, 2.45) is 0 Å². The summed E-state index contributed by atoms with van der Waals surface area (Å²) in [6.45, 7) is 3.77. The standard InChI is InChI=1S/C20H17F4N3O2/c1-12(2)18-17(11-25-27(18)15-7-3-13(21)4-8-15)19(28)26-14-5-9-16(10-6-14)29-20(22,23)24/h3-12H,1-2H3,(H,26,28). The molecule has 1 N–H and O–H groups in total. The summed E-state index contributed by atoms with van der Waals surface area (Å²) in [5, 5.41) is 6.87. The number of benzene rings is 2. The monoisotopic (exact) mass is 407 g/mol. The van der Waals surface area contributed by atoms with Crippen LogP contribution in [0.15, 0.2) is 54.7 Å². The molecule has 0 saturated heterocycles. The van der Waals surface area contributed by atoms with E-state index < -0.39 is 12.3 Å². The first kappa shape index (κ1) is 20.4. The van der Waals surface area contributed by atoms with E-state index in [-0.39, 0.29) is 17.5 Å². The number of carbonyl (C=O) groups is 1. The lowest BCUT2D eigenvalue weighted by atomic mass is 10.0. The SMILES string of the molecule is CC(C)c1c(C(=O)Nc2ccc(OC(F)(F)F)cc2)cnn1-c1ccc(F)cc1. The lowest BCUT2D eigenvalue weighted by Gasteiger charge is -2.13. The second-order valence-electron chi connectivity index (χ2n) is 6.51. The maximum absolute atomic E-state index is 13.2. The van der Waals surface area contributed by atoms with E-state index in [9.17, 15) is 22.4 Å². The van der Waals surface area contributed by atoms with Crippen LogP contribution >= 0.6 is 0 Å². The van der Waals surface area contributed by atoms with Gasteiger partial charge in [0, 0.05) is 5.69 Å². The molecule has 152 valence electrons. The van der Waals surface area contributed by atoms with E-state index in [0.29, 0.717) is 22.6 Å². The Kier molecular flexibility index (Phi) is 5.58. The molecule has 0 unspecified atom stereocenters. The van der Waals surface area contributed by atoms with Gasteiger partial charge < -0.3 is 10.1 Å². The summed E-state index contributed by atoms with van der Waals surface area (Å²) in [7, 11) is 0. The maximum atomic E-state index is 13.2. The zero-order valence-corrected chi connectivity index (χ0v) is 15.5. The molecular formula is C20H17F4N3O2. The van der Waals surface area contributed by atoms with Crippen LogP contribution in [0.1, 0.15) is 35.8 Å². The summed E-state index contributed by atoms with van der Waals surface area (Å²) in [5.41, 5.74) is 1.82. The average Bonchev–Trinajstić information content (AvgIpc) is 3.08. The molecule has 2 aromatic carbocycles. The molecule has 0 bridgehead atoms. The van der Waals surface area contributed by atoms with E-state index in [1.807, 2.05) is 13.8 Å². The molecule has 0 spiro atoms. The molecule has 5 nitrogen and oxygen atoms in total. The first-order valence-corrected chi connectivity index (χ1v) is 8.65. The number of halogens is 4. The van der Waals surface area contributed by atoms with Crippen molar-refractivity contribution in [2.75, 3.05) is 5.32 Å². The average molecular weight is 407 g/mol. The number of amides is 1. The van der Waals surface area contributed by atoms with Crippen LogP contribution in [0.25, 0.3) is 5.69 Å². The molecule has 0 fully saturated rings. The van der Waals surface area contributed by atoms with Gasteiger partial charge >= 0.3 is 6.36 Å². The molecule has 9 heteroatoms. The van der Waals surface area contributed by atoms with E-state index in [1.165, 1.54) is 30.5 Å². The highest BCUT2D eigenvalue weighted by Gasteiger charge is 2.31. The molecule has 3 rings (SSSR count). The number of hydrogen-bond donors (Lipinski definition) is 1. The minimum atomic E-state index is -4.79. The summed E-state index contributed by atoms with van der Waals surface area (Å²) in [6.07, 6.45) is -3.39. The lowest BCUT2D eigenvalue weighted by molar-refractivity contribution is -0.274. The van der Waals surface area contributed by atoms with Crippen molar-refractivity contribution in [3.63, 3.8) is 0 Å². The first-order chi connectivity index (χ1) is 13.6. The van der Waals surface area contributed by atoms with Gasteiger partial charge in [0.2, 0.25) is 0 Å². The van der Waals surface area contributed by atoms with Gasteiger partial charge in [0.1, 0.15) is 11.6 Å². The van der Waals surface area contributed by atoms with Crippen LogP contribution in [-0.4, -0.2) is 22.1 Å². The van der Waals surface area contributed by atoms with Crippen molar-refractivity contribution < 1.29 is 27.1 Å². The molecule has 3 aromatic rings. The van der Waals surface area contributed by atoms with E-state index in [0.717, 1.165) is 12.1 Å². The van der Waals surface area contributed by atoms with Crippen molar-refractivity contribution in [3.05, 3.63) is 71.8 Å². The molecule has 0 saturated carbocycles. The summed E-state index contributed by atoms with van der Waals surface area (Å²) in [6, 6.07) is 10.5. The molecule has 29 heavy (non-hydrogen) atoms. The predicted molar refractivity (Wildman–Crippen MR) is 98.7 cm³/mol. The minimum absolute atomic E-state index is 0.0779. The maximum Gasteiger partial charge on any atom is 0.573 e. The second-order valence-corrected chi connectivity index (χ2v) is 6.51. The molecule has 0 radical (unpaired) electrons. The second kappa shape index (κ2) is 7.94. The van der Waals surface area contributed by atoms with Gasteiger partial charge in [-0.05, 0) is 54.4 Å². The van der Waals surface area contributed by atoms with Crippen LogP contribution in [0.2, 0.25) is 0 Å². The molecule has 0 aliphatic rings. The highest BCUT2D eigenvalue weighted by atomic mass is 19.4. The third-order valence-corrected chi connectivity index (χ3v) is 4.01. The zero-order valence-electron chi connectivity index (χ0n) is 15.5. The van der Waals surface area contributed by atoms with Gasteiger partial charge in [-0.15, -0.1) is 13.2 Å². The van der Waals surface area contributed by atoms with Gasteiger partial charge in [0.25, 0.3) is 5.91 Å². The third-order valence-electron chi connectivity index (χ3n) is 4.01. The molecule has 1 amide bonds. The van der Waals surface area contributed by atoms with Crippen LogP contribution in [0.5, 0.6) is 5.75 Å². The van der Waals surface area contributed by atoms with Gasteiger partial charge in [-0.2, -0.15) is 5.10 Å². The summed E-state index contributed by atoms with van der Waals surface area (Å²) in [4.78, 5) is 12.7. The number of carbonyl (C=O) groups excluding carboxylic acids is 1. The van der Waals surface area contributed by atoms with Crippen molar-refractivity contribution in [2.45, 2.75) is 26.1 Å². The van der Waals surface area contributed by atoms with Gasteiger partial charge in [-0.1, -0.05) is 13.8 Å². The van der Waals surface area contributed by atoms with E-state index >= 15 is 0 Å². The van der Waals surface area contributed by atoms with Gasteiger partial charge in [0.05, 0.1) is 23.1 Å². The van der Waals surface area contributed by atoms with Crippen LogP contribution in [0, 0.1) is 5.82 Å². The Morgan fingerprint density at radius 1 is 1.07 bits per heavy atom. The quantitative estimate of drug-likeness (QED) is 0.585. The fourth-order valence-electron chi connectivity index (χ4n) is 2.81. The molecule has 0 aliphatic carbocycles. The largest absolute Gasteiger partial charge is 0.573 e. The van der Waals surface area contributed by atoms with E-state index in [1.54, 1.807) is 16.8 Å². The number of rotatable bonds is 5. The van der Waals surface area contributed by atoms with Crippen molar-refractivity contribution in [1.82, 2.24) is 9.78 Å². The molecule has 0 aliphatic heterocycles. The van der Waals surface area contributed by atoms with Gasteiger partial charge in [-0.3, -0.25) is 4.79 Å². The number of nitrogens with one attached hydrogen (secondary N) is 1. The highest BCUT2D eigenvalue weighted by Crippen LogP contribution is 2.26. The fraction of sp³-hybridized carbons (Fsp3) is 0.200. The zero-order chi connectivity index (χ0) is 21.2. The molecule has 0 atom stereocenters. The highest BCUT2D eigenvalue weighted by molar-refractivity contribution is 6.05. The van der Waals surface area contributed by atoms with Crippen LogP contribution in [-0.2, 0) is 0 Å². The lowest BCUT2D eigenvalue weighted by Crippen LogP contribution is -2.17. The van der Waals surface area contributed by atoms with Crippen molar-refractivity contribution >= 4 is 11.6 Å². The van der Waals surface area contributed by atoms with Crippen LogP contribution in [0.4, 0.5) is 23.2 Å². The Hall–Kier alpha value is -3.36. The summed E-state index contributed by atoms with van der Waals surface area (Å²) < 4.78 is 55.3. The van der Waals surface area contributed by atoms with Gasteiger partial charge in [0.15, 0.2) is 0 Å². The Bertz CT molecular complexity index is 994. The number of hydrogen-bond acceptors (Lipinski definition) is 3. The summed E-state index contributed by atoms with van der Waals surface area (Å²) in [5.74, 6) is -1.32. The van der Waals surface area contributed by atoms with Crippen molar-refractivity contribution in [3.8, 4) is 11.4 Å². The fourth-order valence-corrected chi connectivity index (χ4v) is 2.81. The van der Waals surface area contributed by atoms with E-state index in [2.05, 4.69) is 15.2 Å². The summed E-state index contributed by atoms with van der Waals surface area (Å²) >= 11 is 0. The Morgan fingerprint density at radius 2 is 1.69 bits per heavy atom. The molecular weight excluding hydrogens is 390 g/mol. The predicted octanol–water partition coefficient (Wildman–Crippen LogP) is 5.29.